The normalized spacial score (nSPS) is 23.3. The number of rotatable bonds is 2. The number of allylic oxidation sites excluding steroid dienone is 3. The SMILES string of the molecule is O[C@@H](c1cccs1)[C@@H]1C=CC=CC1. The molecule has 0 amide bonds. The molecule has 1 aromatic heterocycles. The zero-order chi connectivity index (χ0) is 9.10. The van der Waals surface area contributed by atoms with Gasteiger partial charge >= 0.3 is 0 Å². The van der Waals surface area contributed by atoms with E-state index in [1.807, 2.05) is 29.7 Å². The monoisotopic (exact) mass is 192 g/mol. The summed E-state index contributed by atoms with van der Waals surface area (Å²) >= 11 is 1.62. The lowest BCUT2D eigenvalue weighted by molar-refractivity contribution is 0.135. The molecule has 0 fully saturated rings. The van der Waals surface area contributed by atoms with Crippen molar-refractivity contribution >= 4 is 11.3 Å². The molecule has 1 aromatic rings. The number of aliphatic hydroxyl groups excluding tert-OH is 1. The topological polar surface area (TPSA) is 20.2 Å². The van der Waals surface area contributed by atoms with Gasteiger partial charge in [0.2, 0.25) is 0 Å². The predicted molar refractivity (Wildman–Crippen MR) is 55.7 cm³/mol. The molecule has 0 aliphatic heterocycles. The van der Waals surface area contributed by atoms with Crippen LogP contribution in [0.15, 0.2) is 41.8 Å². The largest absolute Gasteiger partial charge is 0.387 e. The fourth-order valence-corrected chi connectivity index (χ4v) is 2.29. The lowest BCUT2D eigenvalue weighted by atomic mass is 9.94. The highest BCUT2D eigenvalue weighted by molar-refractivity contribution is 7.10. The van der Waals surface area contributed by atoms with Crippen LogP contribution in [0.5, 0.6) is 0 Å². The summed E-state index contributed by atoms with van der Waals surface area (Å²) in [5.41, 5.74) is 0. The van der Waals surface area contributed by atoms with Gasteiger partial charge in [-0.1, -0.05) is 30.4 Å². The molecule has 1 nitrogen and oxygen atoms in total. The van der Waals surface area contributed by atoms with E-state index in [4.69, 9.17) is 0 Å². The van der Waals surface area contributed by atoms with Crippen LogP contribution in [0.2, 0.25) is 0 Å². The van der Waals surface area contributed by atoms with Crippen LogP contribution in [0.25, 0.3) is 0 Å². The van der Waals surface area contributed by atoms with Crippen molar-refractivity contribution in [3.63, 3.8) is 0 Å². The van der Waals surface area contributed by atoms with Crippen molar-refractivity contribution in [2.75, 3.05) is 0 Å². The van der Waals surface area contributed by atoms with Crippen molar-refractivity contribution in [3.8, 4) is 0 Å². The van der Waals surface area contributed by atoms with Crippen LogP contribution in [-0.4, -0.2) is 5.11 Å². The van der Waals surface area contributed by atoms with Crippen molar-refractivity contribution in [1.29, 1.82) is 0 Å². The molecule has 0 aromatic carbocycles. The number of hydrogen-bond donors (Lipinski definition) is 1. The predicted octanol–water partition coefficient (Wildman–Crippen LogP) is 2.91. The number of hydrogen-bond acceptors (Lipinski definition) is 2. The quantitative estimate of drug-likeness (QED) is 0.764. The second kappa shape index (κ2) is 3.90. The lowest BCUT2D eigenvalue weighted by Crippen LogP contribution is -2.09. The Balaban J connectivity index is 2.09. The molecular formula is C11H12OS. The second-order valence-corrected chi connectivity index (χ2v) is 4.15. The van der Waals surface area contributed by atoms with Gasteiger partial charge in [0.15, 0.2) is 0 Å². The Bertz CT molecular complexity index is 311. The van der Waals surface area contributed by atoms with E-state index in [9.17, 15) is 5.11 Å². The third-order valence-electron chi connectivity index (χ3n) is 2.25. The van der Waals surface area contributed by atoms with Crippen molar-refractivity contribution in [1.82, 2.24) is 0 Å². The van der Waals surface area contributed by atoms with Crippen molar-refractivity contribution in [3.05, 3.63) is 46.7 Å². The van der Waals surface area contributed by atoms with Gasteiger partial charge in [-0.25, -0.2) is 0 Å². The third kappa shape index (κ3) is 1.90. The van der Waals surface area contributed by atoms with Gasteiger partial charge in [0.1, 0.15) is 0 Å². The van der Waals surface area contributed by atoms with Gasteiger partial charge in [0, 0.05) is 10.8 Å². The summed E-state index contributed by atoms with van der Waals surface area (Å²) in [7, 11) is 0. The molecule has 0 radical (unpaired) electrons. The highest BCUT2D eigenvalue weighted by Gasteiger charge is 2.18. The van der Waals surface area contributed by atoms with E-state index in [1.165, 1.54) is 0 Å². The van der Waals surface area contributed by atoms with Crippen molar-refractivity contribution < 1.29 is 5.11 Å². The van der Waals surface area contributed by atoms with Gasteiger partial charge < -0.3 is 5.11 Å². The Hall–Kier alpha value is -0.860. The fourth-order valence-electron chi connectivity index (χ4n) is 1.50. The van der Waals surface area contributed by atoms with Gasteiger partial charge in [0.05, 0.1) is 6.10 Å². The Morgan fingerprint density at radius 3 is 3.00 bits per heavy atom. The summed E-state index contributed by atoms with van der Waals surface area (Å²) in [6.45, 7) is 0. The van der Waals surface area contributed by atoms with Crippen LogP contribution in [0, 0.1) is 5.92 Å². The first-order valence-corrected chi connectivity index (χ1v) is 5.30. The fraction of sp³-hybridized carbons (Fsp3) is 0.273. The van der Waals surface area contributed by atoms with Crippen molar-refractivity contribution in [2.24, 2.45) is 5.92 Å². The van der Waals surface area contributed by atoms with Crippen LogP contribution < -0.4 is 0 Å². The summed E-state index contributed by atoms with van der Waals surface area (Å²) in [6.07, 6.45) is 8.81. The molecular weight excluding hydrogens is 180 g/mol. The Kier molecular flexibility index (Phi) is 2.62. The molecule has 0 spiro atoms. The number of thiophene rings is 1. The van der Waals surface area contributed by atoms with Gasteiger partial charge in [-0.3, -0.25) is 0 Å². The first-order valence-electron chi connectivity index (χ1n) is 4.43. The van der Waals surface area contributed by atoms with Gasteiger partial charge in [-0.05, 0) is 17.9 Å². The summed E-state index contributed by atoms with van der Waals surface area (Å²) < 4.78 is 0. The second-order valence-electron chi connectivity index (χ2n) is 3.17. The third-order valence-corrected chi connectivity index (χ3v) is 3.20. The van der Waals surface area contributed by atoms with Crippen LogP contribution >= 0.6 is 11.3 Å². The maximum atomic E-state index is 9.96. The molecule has 1 aliphatic rings. The van der Waals surface area contributed by atoms with Crippen LogP contribution in [0.3, 0.4) is 0 Å². The molecule has 0 bridgehead atoms. The smallest absolute Gasteiger partial charge is 0.0947 e. The van der Waals surface area contributed by atoms with E-state index < -0.39 is 0 Å². The maximum absolute atomic E-state index is 9.96. The Morgan fingerprint density at radius 1 is 1.46 bits per heavy atom. The lowest BCUT2D eigenvalue weighted by Gasteiger charge is -2.18. The first-order chi connectivity index (χ1) is 6.38. The van der Waals surface area contributed by atoms with E-state index in [1.54, 1.807) is 11.3 Å². The van der Waals surface area contributed by atoms with Gasteiger partial charge in [-0.2, -0.15) is 0 Å². The minimum atomic E-state index is -0.332. The first kappa shape index (κ1) is 8.73. The van der Waals surface area contributed by atoms with Crippen LogP contribution in [0.1, 0.15) is 17.4 Å². The summed E-state index contributed by atoms with van der Waals surface area (Å²) in [6, 6.07) is 3.97. The summed E-state index contributed by atoms with van der Waals surface area (Å²) in [5, 5.41) is 12.0. The minimum absolute atomic E-state index is 0.253. The molecule has 2 heteroatoms. The average Bonchev–Trinajstić information content (AvgIpc) is 2.71. The Morgan fingerprint density at radius 2 is 2.38 bits per heavy atom. The molecule has 0 saturated carbocycles. The van der Waals surface area contributed by atoms with E-state index in [0.29, 0.717) is 0 Å². The maximum Gasteiger partial charge on any atom is 0.0947 e. The van der Waals surface area contributed by atoms with Crippen LogP contribution in [-0.2, 0) is 0 Å². The zero-order valence-electron chi connectivity index (χ0n) is 7.26. The average molecular weight is 192 g/mol. The molecule has 68 valence electrons. The highest BCUT2D eigenvalue weighted by atomic mass is 32.1. The zero-order valence-corrected chi connectivity index (χ0v) is 8.08. The molecule has 0 unspecified atom stereocenters. The minimum Gasteiger partial charge on any atom is -0.387 e. The highest BCUT2D eigenvalue weighted by Crippen LogP contribution is 2.30. The molecule has 1 heterocycles. The van der Waals surface area contributed by atoms with Crippen molar-refractivity contribution in [2.45, 2.75) is 12.5 Å². The van der Waals surface area contributed by atoms with E-state index >= 15 is 0 Å². The Labute approximate surface area is 82.0 Å². The summed E-state index contributed by atoms with van der Waals surface area (Å²) in [5.74, 6) is 0.253. The van der Waals surface area contributed by atoms with Gasteiger partial charge in [-0.15, -0.1) is 11.3 Å². The standard InChI is InChI=1S/C11H12OS/c12-11(10-7-4-8-13-10)9-5-2-1-3-6-9/h1-5,7-9,11-12H,6H2/t9-,11-/m1/s1. The molecule has 2 atom stereocenters. The van der Waals surface area contributed by atoms with E-state index in [0.717, 1.165) is 11.3 Å². The molecule has 13 heavy (non-hydrogen) atoms. The summed E-state index contributed by atoms with van der Waals surface area (Å²) in [4.78, 5) is 1.06. The van der Waals surface area contributed by atoms with E-state index in [2.05, 4.69) is 12.2 Å². The van der Waals surface area contributed by atoms with Crippen LogP contribution in [0.4, 0.5) is 0 Å². The molecule has 1 aliphatic carbocycles. The number of aliphatic hydroxyl groups is 1. The van der Waals surface area contributed by atoms with E-state index in [-0.39, 0.29) is 12.0 Å². The van der Waals surface area contributed by atoms with Gasteiger partial charge in [0.25, 0.3) is 0 Å². The molecule has 2 rings (SSSR count). The molecule has 0 saturated heterocycles. The molecule has 1 N–H and O–H groups in total.